The summed E-state index contributed by atoms with van der Waals surface area (Å²) in [6, 6.07) is 28.1. The van der Waals surface area contributed by atoms with Crippen LogP contribution in [-0.4, -0.2) is 71.7 Å². The monoisotopic (exact) mass is 637 g/mol. The van der Waals surface area contributed by atoms with Crippen LogP contribution >= 0.6 is 0 Å². The number of nitrogens with zero attached hydrogens (tertiary/aromatic N) is 2. The highest BCUT2D eigenvalue weighted by molar-refractivity contribution is 5.94. The highest BCUT2D eigenvalue weighted by Gasteiger charge is 2.35. The number of hydrogen-bond donors (Lipinski definition) is 3. The normalized spacial score (nSPS) is 15.9. The third kappa shape index (κ3) is 9.86. The molecule has 3 aromatic carbocycles. The van der Waals surface area contributed by atoms with Crippen LogP contribution in [-0.2, 0) is 25.6 Å². The van der Waals surface area contributed by atoms with Crippen LogP contribution in [0.1, 0.15) is 56.2 Å². The first-order valence-electron chi connectivity index (χ1n) is 16.4. The fourth-order valence-corrected chi connectivity index (χ4v) is 5.78. The van der Waals surface area contributed by atoms with Gasteiger partial charge in [0.25, 0.3) is 0 Å². The van der Waals surface area contributed by atoms with Crippen LogP contribution in [0.5, 0.6) is 0 Å². The molecule has 3 atom stereocenters. The molecular weight excluding hydrogens is 590 g/mol. The van der Waals surface area contributed by atoms with Gasteiger partial charge in [-0.3, -0.25) is 19.2 Å². The van der Waals surface area contributed by atoms with E-state index in [4.69, 9.17) is 0 Å². The predicted molar refractivity (Wildman–Crippen MR) is 184 cm³/mol. The molecular formula is C38H47N5O4. The minimum absolute atomic E-state index is 0.0939. The Labute approximate surface area is 278 Å². The molecule has 4 amide bonds. The van der Waals surface area contributed by atoms with Crippen molar-refractivity contribution in [2.45, 2.75) is 64.1 Å². The summed E-state index contributed by atoms with van der Waals surface area (Å²) >= 11 is 0. The molecule has 0 bridgehead atoms. The maximum atomic E-state index is 14.1. The summed E-state index contributed by atoms with van der Waals surface area (Å²) in [7, 11) is 1.67. The Hall–Kier alpha value is -4.76. The number of benzene rings is 3. The number of carbonyl (C=O) groups excluding carboxylic acids is 4. The van der Waals surface area contributed by atoms with Crippen molar-refractivity contribution < 1.29 is 19.2 Å². The molecule has 0 radical (unpaired) electrons. The van der Waals surface area contributed by atoms with Gasteiger partial charge in [0.05, 0.1) is 12.6 Å². The summed E-state index contributed by atoms with van der Waals surface area (Å²) in [6.07, 6.45) is 4.75. The average Bonchev–Trinajstić information content (AvgIpc) is 3.09. The van der Waals surface area contributed by atoms with Gasteiger partial charge in [0.2, 0.25) is 23.6 Å². The van der Waals surface area contributed by atoms with Crippen LogP contribution in [0.15, 0.2) is 103 Å². The molecule has 1 aliphatic rings. The first kappa shape index (κ1) is 35.1. The van der Waals surface area contributed by atoms with Gasteiger partial charge in [-0.2, -0.15) is 0 Å². The molecule has 248 valence electrons. The van der Waals surface area contributed by atoms with Crippen LogP contribution in [0.4, 0.5) is 0 Å². The van der Waals surface area contributed by atoms with E-state index in [1.807, 2.05) is 80.6 Å². The van der Waals surface area contributed by atoms with E-state index < -0.39 is 29.9 Å². The van der Waals surface area contributed by atoms with Gasteiger partial charge in [-0.15, -0.1) is 0 Å². The Balaban J connectivity index is 1.50. The van der Waals surface area contributed by atoms with E-state index in [0.29, 0.717) is 25.8 Å². The Bertz CT molecular complexity index is 1460. The van der Waals surface area contributed by atoms with E-state index in [1.54, 1.807) is 31.3 Å². The third-order valence-corrected chi connectivity index (χ3v) is 8.51. The smallest absolute Gasteiger partial charge is 0.250 e. The number of carbonyl (C=O) groups is 4. The van der Waals surface area contributed by atoms with Crippen molar-refractivity contribution in [2.75, 3.05) is 20.1 Å². The molecule has 3 aromatic rings. The Kier molecular flexibility index (Phi) is 12.9. The van der Waals surface area contributed by atoms with Gasteiger partial charge < -0.3 is 25.8 Å². The first-order chi connectivity index (χ1) is 22.7. The zero-order valence-corrected chi connectivity index (χ0v) is 27.8. The van der Waals surface area contributed by atoms with Crippen molar-refractivity contribution in [2.24, 2.45) is 5.92 Å². The molecule has 0 spiro atoms. The van der Waals surface area contributed by atoms with Crippen LogP contribution in [0.25, 0.3) is 0 Å². The molecule has 3 N–H and O–H groups in total. The van der Waals surface area contributed by atoms with Crippen molar-refractivity contribution in [3.63, 3.8) is 0 Å². The lowest BCUT2D eigenvalue weighted by molar-refractivity contribution is -0.143. The van der Waals surface area contributed by atoms with Crippen molar-refractivity contribution in [1.29, 1.82) is 0 Å². The van der Waals surface area contributed by atoms with Crippen LogP contribution < -0.4 is 16.0 Å². The van der Waals surface area contributed by atoms with Crippen molar-refractivity contribution >= 4 is 23.6 Å². The highest BCUT2D eigenvalue weighted by Crippen LogP contribution is 2.29. The molecule has 9 heteroatoms. The quantitative estimate of drug-likeness (QED) is 0.231. The summed E-state index contributed by atoms with van der Waals surface area (Å²) < 4.78 is 0. The Morgan fingerprint density at radius 2 is 1.36 bits per heavy atom. The lowest BCUT2D eigenvalue weighted by Gasteiger charge is -2.36. The van der Waals surface area contributed by atoms with Gasteiger partial charge >= 0.3 is 0 Å². The van der Waals surface area contributed by atoms with Gasteiger partial charge in [0.15, 0.2) is 0 Å². The number of rotatable bonds is 15. The molecule has 0 aromatic heterocycles. The number of nitrogens with one attached hydrogen (secondary N) is 3. The highest BCUT2D eigenvalue weighted by atomic mass is 16.2. The van der Waals surface area contributed by atoms with E-state index in [1.165, 1.54) is 16.0 Å². The van der Waals surface area contributed by atoms with E-state index in [9.17, 15) is 19.2 Å². The summed E-state index contributed by atoms with van der Waals surface area (Å²) in [4.78, 5) is 56.5. The van der Waals surface area contributed by atoms with Crippen LogP contribution in [0, 0.1) is 5.92 Å². The van der Waals surface area contributed by atoms with Gasteiger partial charge in [0.1, 0.15) is 12.1 Å². The molecule has 0 fully saturated rings. The van der Waals surface area contributed by atoms with Gasteiger partial charge in [0, 0.05) is 31.3 Å². The first-order valence-corrected chi connectivity index (χ1v) is 16.4. The second kappa shape index (κ2) is 17.2. The lowest BCUT2D eigenvalue weighted by atomic mass is 9.88. The summed E-state index contributed by atoms with van der Waals surface area (Å²) in [5.74, 6) is -1.09. The van der Waals surface area contributed by atoms with Crippen molar-refractivity contribution in [1.82, 2.24) is 25.8 Å². The largest absolute Gasteiger partial charge is 0.345 e. The maximum absolute atomic E-state index is 14.1. The molecule has 1 heterocycles. The predicted octanol–water partition coefficient (Wildman–Crippen LogP) is 4.22. The zero-order valence-electron chi connectivity index (χ0n) is 27.8. The summed E-state index contributed by atoms with van der Waals surface area (Å²) in [5, 5.41) is 8.37. The minimum atomic E-state index is -0.789. The molecule has 0 saturated carbocycles. The standard InChI is InChI=1S/C38H47N5O4/c1-27(2)24-33(41-36(45)28(3)39-4)37(46)40-26-35(44)43-23-22-42(38(47)34(43)25-29-14-8-5-9-15-29)21-20-32(30-16-10-6-11-17-30)31-18-12-7-13-19-31/h5-19,22-23,27-28,32-34,39H,20-21,24-26H2,1-4H3,(H,40,46)(H,41,45)/t28-,33-,34-/m0/s1. The number of amides is 4. The Morgan fingerprint density at radius 1 is 0.787 bits per heavy atom. The SMILES string of the molecule is CN[C@@H](C)C(=O)N[C@@H](CC(C)C)C(=O)NCC(=O)N1C=CN(CCC(c2ccccc2)c2ccccc2)C(=O)[C@@H]1Cc1ccccc1. The second-order valence-corrected chi connectivity index (χ2v) is 12.4. The fourth-order valence-electron chi connectivity index (χ4n) is 5.78. The number of hydrogen-bond acceptors (Lipinski definition) is 5. The molecule has 0 unspecified atom stereocenters. The fraction of sp³-hybridized carbons (Fsp3) is 0.368. The zero-order chi connectivity index (χ0) is 33.8. The average molecular weight is 638 g/mol. The third-order valence-electron chi connectivity index (χ3n) is 8.51. The molecule has 0 saturated heterocycles. The molecule has 9 nitrogen and oxygen atoms in total. The minimum Gasteiger partial charge on any atom is -0.345 e. The Morgan fingerprint density at radius 3 is 1.91 bits per heavy atom. The van der Waals surface area contributed by atoms with Gasteiger partial charge in [-0.1, -0.05) is 105 Å². The lowest BCUT2D eigenvalue weighted by Crippen LogP contribution is -2.56. The van der Waals surface area contributed by atoms with E-state index in [2.05, 4.69) is 40.2 Å². The molecule has 1 aliphatic heterocycles. The number of likely N-dealkylation sites (N-methyl/N-ethyl adjacent to an activating group) is 1. The molecule has 4 rings (SSSR count). The van der Waals surface area contributed by atoms with Crippen LogP contribution in [0.3, 0.4) is 0 Å². The van der Waals surface area contributed by atoms with E-state index in [-0.39, 0.29) is 30.2 Å². The maximum Gasteiger partial charge on any atom is 0.250 e. The van der Waals surface area contributed by atoms with Gasteiger partial charge in [-0.25, -0.2) is 0 Å². The van der Waals surface area contributed by atoms with Crippen LogP contribution in [0.2, 0.25) is 0 Å². The second-order valence-electron chi connectivity index (χ2n) is 12.4. The summed E-state index contributed by atoms with van der Waals surface area (Å²) in [6.45, 7) is 5.80. The molecule has 0 aliphatic carbocycles. The molecule has 47 heavy (non-hydrogen) atoms. The van der Waals surface area contributed by atoms with E-state index >= 15 is 0 Å². The topological polar surface area (TPSA) is 111 Å². The van der Waals surface area contributed by atoms with Crippen molar-refractivity contribution in [3.05, 3.63) is 120 Å². The van der Waals surface area contributed by atoms with Gasteiger partial charge in [-0.05, 0) is 49.4 Å². The summed E-state index contributed by atoms with van der Waals surface area (Å²) in [5.41, 5.74) is 3.27. The van der Waals surface area contributed by atoms with E-state index in [0.717, 1.165) is 5.56 Å². The van der Waals surface area contributed by atoms with Crippen molar-refractivity contribution in [3.8, 4) is 0 Å².